The molecule has 2 nitrogen and oxygen atoms in total. The highest BCUT2D eigenvalue weighted by Crippen LogP contribution is 2.07. The van der Waals surface area contributed by atoms with Crippen molar-refractivity contribution in [3.63, 3.8) is 0 Å². The molecule has 0 fully saturated rings. The summed E-state index contributed by atoms with van der Waals surface area (Å²) in [5.41, 5.74) is 5.38. The Morgan fingerprint density at radius 3 is 2.58 bits per heavy atom. The predicted molar refractivity (Wildman–Crippen MR) is 55.2 cm³/mol. The lowest BCUT2D eigenvalue weighted by atomic mass is 10.0. The smallest absolute Gasteiger partial charge is 0.00369 e. The van der Waals surface area contributed by atoms with Gasteiger partial charge in [-0.1, -0.05) is 26.7 Å². The van der Waals surface area contributed by atoms with E-state index in [1.165, 1.54) is 19.3 Å². The molecule has 0 radical (unpaired) electrons. The molecule has 12 heavy (non-hydrogen) atoms. The highest BCUT2D eigenvalue weighted by molar-refractivity contribution is 4.55. The maximum atomic E-state index is 5.38. The predicted octanol–water partition coefficient (Wildman–Crippen LogP) is 1.75. The maximum absolute atomic E-state index is 5.38. The van der Waals surface area contributed by atoms with Crippen molar-refractivity contribution in [2.45, 2.75) is 39.5 Å². The average molecular weight is 172 g/mol. The summed E-state index contributed by atoms with van der Waals surface area (Å²) in [6.45, 7) is 7.61. The Morgan fingerprint density at radius 1 is 1.25 bits per heavy atom. The molecule has 2 heteroatoms. The zero-order valence-corrected chi connectivity index (χ0v) is 8.60. The van der Waals surface area contributed by atoms with Gasteiger partial charge in [-0.05, 0) is 38.4 Å². The molecule has 0 saturated heterocycles. The molecule has 0 aromatic carbocycles. The molecule has 0 aliphatic heterocycles. The first-order valence-electron chi connectivity index (χ1n) is 5.22. The third kappa shape index (κ3) is 8.02. The Kier molecular flexibility index (Phi) is 8.95. The van der Waals surface area contributed by atoms with Crippen LogP contribution in [-0.2, 0) is 0 Å². The molecule has 0 aromatic rings. The molecule has 0 rings (SSSR count). The fourth-order valence-corrected chi connectivity index (χ4v) is 1.34. The molecule has 0 heterocycles. The van der Waals surface area contributed by atoms with Crippen LogP contribution in [0.5, 0.6) is 0 Å². The standard InChI is InChI=1S/C10H24N2/c1-3-5-10(2)6-9-12-8-4-7-11/h10,12H,3-9,11H2,1-2H3. The van der Waals surface area contributed by atoms with Gasteiger partial charge in [-0.2, -0.15) is 0 Å². The molecule has 0 aliphatic carbocycles. The summed E-state index contributed by atoms with van der Waals surface area (Å²) in [6, 6.07) is 0. The number of nitrogens with one attached hydrogen (secondary N) is 1. The van der Waals surface area contributed by atoms with E-state index in [-0.39, 0.29) is 0 Å². The van der Waals surface area contributed by atoms with Gasteiger partial charge in [0.15, 0.2) is 0 Å². The largest absolute Gasteiger partial charge is 0.330 e. The van der Waals surface area contributed by atoms with E-state index in [4.69, 9.17) is 5.73 Å². The van der Waals surface area contributed by atoms with Gasteiger partial charge in [0, 0.05) is 0 Å². The first-order valence-corrected chi connectivity index (χ1v) is 5.22. The molecule has 1 unspecified atom stereocenters. The van der Waals surface area contributed by atoms with Crippen molar-refractivity contribution in [3.8, 4) is 0 Å². The lowest BCUT2D eigenvalue weighted by Crippen LogP contribution is -2.20. The minimum absolute atomic E-state index is 0.803. The van der Waals surface area contributed by atoms with Crippen molar-refractivity contribution in [1.29, 1.82) is 0 Å². The van der Waals surface area contributed by atoms with Crippen LogP contribution in [0.2, 0.25) is 0 Å². The van der Waals surface area contributed by atoms with E-state index in [9.17, 15) is 0 Å². The van der Waals surface area contributed by atoms with Crippen LogP contribution in [0.3, 0.4) is 0 Å². The number of rotatable bonds is 8. The van der Waals surface area contributed by atoms with Gasteiger partial charge >= 0.3 is 0 Å². The molecule has 1 atom stereocenters. The molecule has 3 N–H and O–H groups in total. The van der Waals surface area contributed by atoms with E-state index in [2.05, 4.69) is 19.2 Å². The van der Waals surface area contributed by atoms with Gasteiger partial charge < -0.3 is 11.1 Å². The van der Waals surface area contributed by atoms with Crippen molar-refractivity contribution >= 4 is 0 Å². The minimum Gasteiger partial charge on any atom is -0.330 e. The zero-order chi connectivity index (χ0) is 9.23. The third-order valence-corrected chi connectivity index (χ3v) is 2.15. The normalized spacial score (nSPS) is 13.2. The number of hydrogen-bond donors (Lipinski definition) is 2. The summed E-state index contributed by atoms with van der Waals surface area (Å²) in [5, 5.41) is 3.40. The first-order chi connectivity index (χ1) is 5.81. The Morgan fingerprint density at radius 2 is 2.00 bits per heavy atom. The van der Waals surface area contributed by atoms with Crippen LogP contribution in [0.15, 0.2) is 0 Å². The Bertz CT molecular complexity index is 83.9. The molecule has 0 bridgehead atoms. The van der Waals surface area contributed by atoms with Crippen molar-refractivity contribution in [3.05, 3.63) is 0 Å². The highest BCUT2D eigenvalue weighted by atomic mass is 14.8. The molecule has 0 saturated carbocycles. The maximum Gasteiger partial charge on any atom is -0.00369 e. The van der Waals surface area contributed by atoms with E-state index in [1.54, 1.807) is 0 Å². The van der Waals surface area contributed by atoms with E-state index in [0.29, 0.717) is 0 Å². The van der Waals surface area contributed by atoms with E-state index in [1.807, 2.05) is 0 Å². The first kappa shape index (κ1) is 11.9. The van der Waals surface area contributed by atoms with Crippen molar-refractivity contribution < 1.29 is 0 Å². The van der Waals surface area contributed by atoms with Crippen LogP contribution in [0.4, 0.5) is 0 Å². The monoisotopic (exact) mass is 172 g/mol. The zero-order valence-electron chi connectivity index (χ0n) is 8.60. The number of hydrogen-bond acceptors (Lipinski definition) is 2. The average Bonchev–Trinajstić information content (AvgIpc) is 2.05. The van der Waals surface area contributed by atoms with Crippen LogP contribution in [-0.4, -0.2) is 19.6 Å². The van der Waals surface area contributed by atoms with Crippen LogP contribution in [0.25, 0.3) is 0 Å². The minimum atomic E-state index is 0.803. The SMILES string of the molecule is CCCC(C)CCNCCCN. The second-order valence-electron chi connectivity index (χ2n) is 3.57. The molecular weight excluding hydrogens is 148 g/mol. The quantitative estimate of drug-likeness (QED) is 0.547. The van der Waals surface area contributed by atoms with Crippen LogP contribution in [0, 0.1) is 5.92 Å². The van der Waals surface area contributed by atoms with Crippen molar-refractivity contribution in [2.24, 2.45) is 11.7 Å². The van der Waals surface area contributed by atoms with Gasteiger partial charge in [-0.25, -0.2) is 0 Å². The van der Waals surface area contributed by atoms with Crippen LogP contribution < -0.4 is 11.1 Å². The van der Waals surface area contributed by atoms with Gasteiger partial charge in [0.1, 0.15) is 0 Å². The van der Waals surface area contributed by atoms with E-state index >= 15 is 0 Å². The van der Waals surface area contributed by atoms with Gasteiger partial charge in [0.25, 0.3) is 0 Å². The van der Waals surface area contributed by atoms with Gasteiger partial charge in [-0.3, -0.25) is 0 Å². The van der Waals surface area contributed by atoms with Crippen molar-refractivity contribution in [2.75, 3.05) is 19.6 Å². The Hall–Kier alpha value is -0.0800. The summed E-state index contributed by atoms with van der Waals surface area (Å²) in [5.74, 6) is 0.875. The van der Waals surface area contributed by atoms with Crippen molar-refractivity contribution in [1.82, 2.24) is 5.32 Å². The molecule has 0 amide bonds. The molecule has 0 aromatic heterocycles. The molecule has 0 spiro atoms. The lowest BCUT2D eigenvalue weighted by Gasteiger charge is -2.09. The third-order valence-electron chi connectivity index (χ3n) is 2.15. The lowest BCUT2D eigenvalue weighted by molar-refractivity contribution is 0.464. The fourth-order valence-electron chi connectivity index (χ4n) is 1.34. The molecule has 74 valence electrons. The second-order valence-corrected chi connectivity index (χ2v) is 3.57. The highest BCUT2D eigenvalue weighted by Gasteiger charge is 1.98. The second kappa shape index (κ2) is 9.01. The van der Waals surface area contributed by atoms with Crippen LogP contribution >= 0.6 is 0 Å². The van der Waals surface area contributed by atoms with Gasteiger partial charge in [0.05, 0.1) is 0 Å². The molecular formula is C10H24N2. The Balaban J connectivity index is 2.97. The van der Waals surface area contributed by atoms with Crippen LogP contribution in [0.1, 0.15) is 39.5 Å². The summed E-state index contributed by atoms with van der Waals surface area (Å²) >= 11 is 0. The summed E-state index contributed by atoms with van der Waals surface area (Å²) in [7, 11) is 0. The summed E-state index contributed by atoms with van der Waals surface area (Å²) in [6.07, 6.45) is 5.07. The summed E-state index contributed by atoms with van der Waals surface area (Å²) < 4.78 is 0. The van der Waals surface area contributed by atoms with Gasteiger partial charge in [0.2, 0.25) is 0 Å². The topological polar surface area (TPSA) is 38.0 Å². The summed E-state index contributed by atoms with van der Waals surface area (Å²) in [4.78, 5) is 0. The van der Waals surface area contributed by atoms with E-state index in [0.717, 1.165) is 32.0 Å². The van der Waals surface area contributed by atoms with E-state index < -0.39 is 0 Å². The Labute approximate surface area is 76.9 Å². The number of nitrogens with two attached hydrogens (primary N) is 1. The fraction of sp³-hybridized carbons (Fsp3) is 1.00. The molecule has 0 aliphatic rings. The van der Waals surface area contributed by atoms with Gasteiger partial charge in [-0.15, -0.1) is 0 Å².